The van der Waals surface area contributed by atoms with Gasteiger partial charge in [-0.2, -0.15) is 0 Å². The minimum absolute atomic E-state index is 0.0949. The van der Waals surface area contributed by atoms with Gasteiger partial charge in [0.15, 0.2) is 23.0 Å². The Morgan fingerprint density at radius 2 is 1.83 bits per heavy atom. The molecule has 0 fully saturated rings. The van der Waals surface area contributed by atoms with Gasteiger partial charge in [0.1, 0.15) is 12.2 Å². The van der Waals surface area contributed by atoms with Crippen LogP contribution in [0.3, 0.4) is 0 Å². The van der Waals surface area contributed by atoms with Crippen LogP contribution in [0.1, 0.15) is 49.5 Å². The predicted molar refractivity (Wildman–Crippen MR) is 120 cm³/mol. The van der Waals surface area contributed by atoms with E-state index in [-0.39, 0.29) is 18.0 Å². The first-order valence-electron chi connectivity index (χ1n) is 10.4. The number of aromatic hydroxyl groups is 1. The van der Waals surface area contributed by atoms with E-state index in [2.05, 4.69) is 19.6 Å². The number of ether oxygens (including phenoxy) is 4. The fraction of sp³-hybridized carbons (Fsp3) is 0.440. The molecule has 0 aliphatic rings. The molecule has 0 spiro atoms. The van der Waals surface area contributed by atoms with Gasteiger partial charge in [0.2, 0.25) is 0 Å². The minimum Gasteiger partial charge on any atom is -0.504 e. The van der Waals surface area contributed by atoms with Crippen molar-refractivity contribution in [2.75, 3.05) is 20.8 Å². The molecule has 2 aromatic rings. The Morgan fingerprint density at radius 1 is 1.10 bits per heavy atom. The zero-order chi connectivity index (χ0) is 22.1. The Hall–Kier alpha value is -2.66. The molecule has 2 unspecified atom stereocenters. The van der Waals surface area contributed by atoms with Gasteiger partial charge in [0.05, 0.1) is 14.2 Å². The van der Waals surface area contributed by atoms with E-state index in [0.717, 1.165) is 36.0 Å². The zero-order valence-corrected chi connectivity index (χ0v) is 18.7. The van der Waals surface area contributed by atoms with Crippen molar-refractivity contribution in [3.05, 3.63) is 59.7 Å². The summed E-state index contributed by atoms with van der Waals surface area (Å²) < 4.78 is 23.4. The summed E-state index contributed by atoms with van der Waals surface area (Å²) in [7, 11) is 3.18. The monoisotopic (exact) mass is 414 g/mol. The van der Waals surface area contributed by atoms with Gasteiger partial charge < -0.3 is 24.1 Å². The van der Waals surface area contributed by atoms with E-state index in [1.165, 1.54) is 7.11 Å². The molecule has 5 heteroatoms. The van der Waals surface area contributed by atoms with Crippen LogP contribution < -0.4 is 14.2 Å². The SMILES string of the molecule is C=CCc1cc(C)c(OC(C)C(OCCCC)c2ccc(O)c(OC)c2)c(OC)c1. The summed E-state index contributed by atoms with van der Waals surface area (Å²) in [6.07, 6.45) is 4.00. The molecule has 0 bridgehead atoms. The van der Waals surface area contributed by atoms with Crippen molar-refractivity contribution < 1.29 is 24.1 Å². The maximum Gasteiger partial charge on any atom is 0.164 e. The van der Waals surface area contributed by atoms with Crippen LogP contribution in [-0.2, 0) is 11.2 Å². The number of methoxy groups -OCH3 is 2. The molecule has 0 radical (unpaired) electrons. The second-order valence-corrected chi connectivity index (χ2v) is 7.34. The highest BCUT2D eigenvalue weighted by molar-refractivity contribution is 5.49. The fourth-order valence-electron chi connectivity index (χ4n) is 3.38. The molecule has 5 nitrogen and oxygen atoms in total. The molecule has 0 saturated heterocycles. The Kier molecular flexibility index (Phi) is 9.06. The van der Waals surface area contributed by atoms with E-state index in [9.17, 15) is 5.11 Å². The van der Waals surface area contributed by atoms with Crippen molar-refractivity contribution in [2.24, 2.45) is 0 Å². The first-order valence-corrected chi connectivity index (χ1v) is 10.4. The predicted octanol–water partition coefficient (Wildman–Crippen LogP) is 5.77. The second-order valence-electron chi connectivity index (χ2n) is 7.34. The van der Waals surface area contributed by atoms with Crippen LogP contribution in [0.5, 0.6) is 23.0 Å². The Bertz CT molecular complexity index is 831. The van der Waals surface area contributed by atoms with Crippen molar-refractivity contribution in [3.63, 3.8) is 0 Å². The van der Waals surface area contributed by atoms with Crippen LogP contribution >= 0.6 is 0 Å². The minimum atomic E-state index is -0.331. The lowest BCUT2D eigenvalue weighted by Gasteiger charge is -2.27. The second kappa shape index (κ2) is 11.5. The molecule has 0 saturated carbocycles. The number of hydrogen-bond acceptors (Lipinski definition) is 5. The highest BCUT2D eigenvalue weighted by Crippen LogP contribution is 2.37. The average Bonchev–Trinajstić information content (AvgIpc) is 2.73. The highest BCUT2D eigenvalue weighted by Gasteiger charge is 2.25. The first kappa shape index (κ1) is 23.6. The molecular weight excluding hydrogens is 380 g/mol. The van der Waals surface area contributed by atoms with Crippen molar-refractivity contribution in [2.45, 2.75) is 52.2 Å². The number of aryl methyl sites for hydroxylation is 1. The number of hydrogen-bond donors (Lipinski definition) is 1. The van der Waals surface area contributed by atoms with Gasteiger partial charge in [-0.1, -0.05) is 31.6 Å². The number of allylic oxidation sites excluding steroid dienone is 1. The van der Waals surface area contributed by atoms with Crippen molar-refractivity contribution in [1.29, 1.82) is 0 Å². The maximum atomic E-state index is 9.96. The molecule has 0 aromatic heterocycles. The van der Waals surface area contributed by atoms with E-state index in [1.807, 2.05) is 32.1 Å². The summed E-state index contributed by atoms with van der Waals surface area (Å²) in [4.78, 5) is 0. The number of benzene rings is 2. The Morgan fingerprint density at radius 3 is 2.47 bits per heavy atom. The number of unbranched alkanes of at least 4 members (excludes halogenated alkanes) is 1. The molecule has 2 rings (SSSR count). The molecule has 2 atom stereocenters. The van der Waals surface area contributed by atoms with Crippen molar-refractivity contribution in [1.82, 2.24) is 0 Å². The summed E-state index contributed by atoms with van der Waals surface area (Å²) >= 11 is 0. The van der Waals surface area contributed by atoms with Crippen LogP contribution in [0.2, 0.25) is 0 Å². The molecule has 0 aliphatic carbocycles. The summed E-state index contributed by atoms with van der Waals surface area (Å²) in [5.41, 5.74) is 3.00. The average molecular weight is 415 g/mol. The Balaban J connectivity index is 2.34. The molecule has 0 aliphatic heterocycles. The molecule has 1 N–H and O–H groups in total. The fourth-order valence-corrected chi connectivity index (χ4v) is 3.38. The lowest BCUT2D eigenvalue weighted by atomic mass is 10.0. The largest absolute Gasteiger partial charge is 0.504 e. The number of phenols is 1. The molecular formula is C25H34O5. The molecule has 0 amide bonds. The van der Waals surface area contributed by atoms with Gasteiger partial charge in [-0.25, -0.2) is 0 Å². The molecule has 30 heavy (non-hydrogen) atoms. The smallest absolute Gasteiger partial charge is 0.164 e. The molecule has 0 heterocycles. The quantitative estimate of drug-likeness (QED) is 0.353. The lowest BCUT2D eigenvalue weighted by molar-refractivity contribution is -0.0225. The van der Waals surface area contributed by atoms with Crippen LogP contribution in [0, 0.1) is 6.92 Å². The van der Waals surface area contributed by atoms with Gasteiger partial charge in [-0.3, -0.25) is 0 Å². The van der Waals surface area contributed by atoms with Crippen LogP contribution in [0.4, 0.5) is 0 Å². The number of rotatable bonds is 12. The van der Waals surface area contributed by atoms with Gasteiger partial charge in [0.25, 0.3) is 0 Å². The van der Waals surface area contributed by atoms with Crippen LogP contribution in [-0.4, -0.2) is 32.0 Å². The van der Waals surface area contributed by atoms with E-state index >= 15 is 0 Å². The third-order valence-electron chi connectivity index (χ3n) is 4.96. The lowest BCUT2D eigenvalue weighted by Crippen LogP contribution is -2.25. The first-order chi connectivity index (χ1) is 14.4. The van der Waals surface area contributed by atoms with Crippen molar-refractivity contribution in [3.8, 4) is 23.0 Å². The third kappa shape index (κ3) is 5.92. The third-order valence-corrected chi connectivity index (χ3v) is 4.96. The summed E-state index contributed by atoms with van der Waals surface area (Å²) in [6.45, 7) is 10.5. The summed E-state index contributed by atoms with van der Waals surface area (Å²) in [5, 5.41) is 9.96. The van der Waals surface area contributed by atoms with Crippen LogP contribution in [0.25, 0.3) is 0 Å². The van der Waals surface area contributed by atoms with Crippen LogP contribution in [0.15, 0.2) is 43.0 Å². The maximum absolute atomic E-state index is 9.96. The van der Waals surface area contributed by atoms with Gasteiger partial charge in [0, 0.05) is 6.61 Å². The van der Waals surface area contributed by atoms with E-state index < -0.39 is 0 Å². The zero-order valence-electron chi connectivity index (χ0n) is 18.7. The van der Waals surface area contributed by atoms with Crippen molar-refractivity contribution >= 4 is 0 Å². The normalized spacial score (nSPS) is 12.8. The number of phenolic OH excluding ortho intramolecular Hbond substituents is 1. The molecule has 2 aromatic carbocycles. The highest BCUT2D eigenvalue weighted by atomic mass is 16.6. The Labute approximate surface area is 180 Å². The standard InChI is InChI=1S/C25H34O5/c1-7-9-13-29-25(20-11-12-21(26)22(16-20)27-5)18(4)30-24-17(3)14-19(10-8-2)15-23(24)28-6/h8,11-12,14-16,18,25-26H,2,7,9-10,13H2,1,3-6H3. The van der Waals surface area contributed by atoms with E-state index in [4.69, 9.17) is 18.9 Å². The molecule has 164 valence electrons. The van der Waals surface area contributed by atoms with Gasteiger partial charge in [-0.15, -0.1) is 6.58 Å². The van der Waals surface area contributed by atoms with E-state index in [0.29, 0.717) is 23.9 Å². The summed E-state index contributed by atoms with van der Waals surface area (Å²) in [5.74, 6) is 1.89. The van der Waals surface area contributed by atoms with Gasteiger partial charge >= 0.3 is 0 Å². The topological polar surface area (TPSA) is 57.2 Å². The summed E-state index contributed by atoms with van der Waals surface area (Å²) in [6, 6.07) is 9.32. The van der Waals surface area contributed by atoms with Gasteiger partial charge in [-0.05, 0) is 61.6 Å². The van der Waals surface area contributed by atoms with E-state index in [1.54, 1.807) is 19.2 Å².